The minimum atomic E-state index is -0.107. The monoisotopic (exact) mass is 287 g/mol. The highest BCUT2D eigenvalue weighted by Crippen LogP contribution is 2.41. The van der Waals surface area contributed by atoms with Gasteiger partial charge in [-0.05, 0) is 37.4 Å². The number of rotatable bonds is 4. The summed E-state index contributed by atoms with van der Waals surface area (Å²) in [4.78, 5) is 21.6. The summed E-state index contributed by atoms with van der Waals surface area (Å²) < 4.78 is 0. The molecule has 3 heterocycles. The van der Waals surface area contributed by atoms with Gasteiger partial charge in [-0.15, -0.1) is 0 Å². The van der Waals surface area contributed by atoms with Crippen LogP contribution in [-0.2, 0) is 11.3 Å². The standard InChI is InChI=1S/C17H25N3O/c1-14(2)11-19-9-6-17(13-19)7-10-20(16(17)21)12-15-5-3-4-8-18-15/h3-5,8,14H,6-7,9-13H2,1-2H3/t17-/m1/s1. The first-order chi connectivity index (χ1) is 10.1. The molecule has 2 saturated heterocycles. The van der Waals surface area contributed by atoms with Gasteiger partial charge in [-0.2, -0.15) is 0 Å². The summed E-state index contributed by atoms with van der Waals surface area (Å²) in [7, 11) is 0. The largest absolute Gasteiger partial charge is 0.336 e. The summed E-state index contributed by atoms with van der Waals surface area (Å²) >= 11 is 0. The summed E-state index contributed by atoms with van der Waals surface area (Å²) in [6.45, 7) is 9.15. The van der Waals surface area contributed by atoms with Gasteiger partial charge in [-0.1, -0.05) is 19.9 Å². The minimum Gasteiger partial charge on any atom is -0.336 e. The number of likely N-dealkylation sites (tertiary alicyclic amines) is 2. The van der Waals surface area contributed by atoms with E-state index in [-0.39, 0.29) is 5.41 Å². The lowest BCUT2D eigenvalue weighted by Gasteiger charge is -2.24. The Kier molecular flexibility index (Phi) is 3.98. The van der Waals surface area contributed by atoms with Crippen molar-refractivity contribution in [3.8, 4) is 0 Å². The maximum Gasteiger partial charge on any atom is 0.230 e. The first-order valence-corrected chi connectivity index (χ1v) is 8.01. The summed E-state index contributed by atoms with van der Waals surface area (Å²) in [5.74, 6) is 1.01. The summed E-state index contributed by atoms with van der Waals surface area (Å²) in [5.41, 5.74) is 0.879. The molecule has 1 atom stereocenters. The average molecular weight is 287 g/mol. The van der Waals surface area contributed by atoms with Gasteiger partial charge in [-0.25, -0.2) is 0 Å². The third kappa shape index (κ3) is 2.95. The topological polar surface area (TPSA) is 36.4 Å². The lowest BCUT2D eigenvalue weighted by atomic mass is 9.85. The molecule has 1 aromatic rings. The van der Waals surface area contributed by atoms with E-state index in [4.69, 9.17) is 0 Å². The Morgan fingerprint density at radius 3 is 2.81 bits per heavy atom. The molecule has 0 saturated carbocycles. The van der Waals surface area contributed by atoms with Crippen LogP contribution in [0.4, 0.5) is 0 Å². The Labute approximate surface area is 127 Å². The van der Waals surface area contributed by atoms with E-state index in [0.717, 1.165) is 44.7 Å². The molecule has 2 aliphatic heterocycles. The minimum absolute atomic E-state index is 0.107. The normalized spacial score (nSPS) is 26.4. The van der Waals surface area contributed by atoms with E-state index in [0.29, 0.717) is 18.4 Å². The van der Waals surface area contributed by atoms with Crippen LogP contribution in [0.15, 0.2) is 24.4 Å². The molecule has 2 fully saturated rings. The molecule has 1 spiro atoms. The van der Waals surface area contributed by atoms with E-state index < -0.39 is 0 Å². The highest BCUT2D eigenvalue weighted by molar-refractivity contribution is 5.85. The van der Waals surface area contributed by atoms with Crippen molar-refractivity contribution in [3.05, 3.63) is 30.1 Å². The van der Waals surface area contributed by atoms with Crippen LogP contribution in [0.2, 0.25) is 0 Å². The molecule has 0 aromatic carbocycles. The molecule has 0 radical (unpaired) electrons. The van der Waals surface area contributed by atoms with Crippen LogP contribution in [-0.4, -0.2) is 46.9 Å². The van der Waals surface area contributed by atoms with Gasteiger partial charge in [-0.3, -0.25) is 9.78 Å². The molecule has 2 aliphatic rings. The second kappa shape index (κ2) is 5.76. The van der Waals surface area contributed by atoms with Gasteiger partial charge in [0.2, 0.25) is 5.91 Å². The highest BCUT2D eigenvalue weighted by Gasteiger charge is 2.50. The maximum absolute atomic E-state index is 12.8. The van der Waals surface area contributed by atoms with Crippen molar-refractivity contribution in [2.24, 2.45) is 11.3 Å². The number of hydrogen-bond acceptors (Lipinski definition) is 3. The fraction of sp³-hybridized carbons (Fsp3) is 0.647. The molecule has 1 amide bonds. The van der Waals surface area contributed by atoms with E-state index in [1.54, 1.807) is 6.20 Å². The van der Waals surface area contributed by atoms with Crippen molar-refractivity contribution in [3.63, 3.8) is 0 Å². The third-order valence-electron chi connectivity index (χ3n) is 4.74. The van der Waals surface area contributed by atoms with Crippen LogP contribution in [0.25, 0.3) is 0 Å². The van der Waals surface area contributed by atoms with Crippen LogP contribution >= 0.6 is 0 Å². The smallest absolute Gasteiger partial charge is 0.230 e. The SMILES string of the molecule is CC(C)CN1CC[C@@]2(CCN(Cc3ccccn3)C2=O)C1. The van der Waals surface area contributed by atoms with E-state index >= 15 is 0 Å². The van der Waals surface area contributed by atoms with Crippen LogP contribution < -0.4 is 0 Å². The lowest BCUT2D eigenvalue weighted by Crippen LogP contribution is -2.37. The zero-order valence-electron chi connectivity index (χ0n) is 13.1. The van der Waals surface area contributed by atoms with Crippen LogP contribution in [0.5, 0.6) is 0 Å². The number of hydrogen-bond donors (Lipinski definition) is 0. The van der Waals surface area contributed by atoms with E-state index in [1.165, 1.54) is 0 Å². The fourth-order valence-corrected chi connectivity index (χ4v) is 3.74. The van der Waals surface area contributed by atoms with Gasteiger partial charge in [0, 0.05) is 25.8 Å². The summed E-state index contributed by atoms with van der Waals surface area (Å²) in [6.07, 6.45) is 3.83. The van der Waals surface area contributed by atoms with Crippen LogP contribution in [0, 0.1) is 11.3 Å². The first kappa shape index (κ1) is 14.5. The van der Waals surface area contributed by atoms with E-state index in [9.17, 15) is 4.79 Å². The molecule has 0 bridgehead atoms. The van der Waals surface area contributed by atoms with Gasteiger partial charge in [0.25, 0.3) is 0 Å². The van der Waals surface area contributed by atoms with Crippen molar-refractivity contribution in [1.29, 1.82) is 0 Å². The zero-order valence-corrected chi connectivity index (χ0v) is 13.1. The fourth-order valence-electron chi connectivity index (χ4n) is 3.74. The Morgan fingerprint density at radius 2 is 2.10 bits per heavy atom. The molecule has 4 heteroatoms. The lowest BCUT2D eigenvalue weighted by molar-refractivity contribution is -0.136. The Morgan fingerprint density at radius 1 is 1.29 bits per heavy atom. The van der Waals surface area contributed by atoms with Gasteiger partial charge >= 0.3 is 0 Å². The number of carbonyl (C=O) groups excluding carboxylic acids is 1. The molecule has 1 aromatic heterocycles. The number of amides is 1. The maximum atomic E-state index is 12.8. The van der Waals surface area contributed by atoms with Gasteiger partial charge in [0.1, 0.15) is 0 Å². The predicted molar refractivity (Wildman–Crippen MR) is 82.6 cm³/mol. The van der Waals surface area contributed by atoms with Crippen molar-refractivity contribution < 1.29 is 4.79 Å². The molecule has 4 nitrogen and oxygen atoms in total. The van der Waals surface area contributed by atoms with Gasteiger partial charge < -0.3 is 9.80 Å². The number of aromatic nitrogens is 1. The third-order valence-corrected chi connectivity index (χ3v) is 4.74. The van der Waals surface area contributed by atoms with Crippen molar-refractivity contribution in [1.82, 2.24) is 14.8 Å². The predicted octanol–water partition coefficient (Wildman–Crippen LogP) is 2.16. The first-order valence-electron chi connectivity index (χ1n) is 8.01. The number of carbonyl (C=O) groups is 1. The molecule has 0 unspecified atom stereocenters. The molecule has 21 heavy (non-hydrogen) atoms. The Hall–Kier alpha value is -1.42. The second-order valence-electron chi connectivity index (χ2n) is 6.96. The van der Waals surface area contributed by atoms with Crippen molar-refractivity contribution in [2.45, 2.75) is 33.2 Å². The van der Waals surface area contributed by atoms with Crippen LogP contribution in [0.1, 0.15) is 32.4 Å². The molecule has 114 valence electrons. The summed E-state index contributed by atoms with van der Waals surface area (Å²) in [5, 5.41) is 0. The molecular weight excluding hydrogens is 262 g/mol. The molecular formula is C17H25N3O. The van der Waals surface area contributed by atoms with Gasteiger partial charge in [0.05, 0.1) is 17.7 Å². The summed E-state index contributed by atoms with van der Waals surface area (Å²) in [6, 6.07) is 5.90. The molecule has 3 rings (SSSR count). The van der Waals surface area contributed by atoms with Crippen molar-refractivity contribution in [2.75, 3.05) is 26.2 Å². The van der Waals surface area contributed by atoms with E-state index in [1.807, 2.05) is 23.1 Å². The Bertz CT molecular complexity index is 502. The van der Waals surface area contributed by atoms with Gasteiger partial charge in [0.15, 0.2) is 0 Å². The zero-order chi connectivity index (χ0) is 14.9. The van der Waals surface area contributed by atoms with E-state index in [2.05, 4.69) is 23.7 Å². The molecule has 0 N–H and O–H groups in total. The van der Waals surface area contributed by atoms with Crippen LogP contribution in [0.3, 0.4) is 0 Å². The highest BCUT2D eigenvalue weighted by atomic mass is 16.2. The quantitative estimate of drug-likeness (QED) is 0.851. The van der Waals surface area contributed by atoms with Crippen molar-refractivity contribution >= 4 is 5.91 Å². The average Bonchev–Trinajstić information content (AvgIpc) is 2.99. The Balaban J connectivity index is 1.64. The second-order valence-corrected chi connectivity index (χ2v) is 6.96. The molecule has 0 aliphatic carbocycles. The number of nitrogens with zero attached hydrogens (tertiary/aromatic N) is 3. The number of pyridine rings is 1.